The molecular formula is C18H25NO3. The van der Waals surface area contributed by atoms with Crippen LogP contribution in [-0.2, 0) is 9.53 Å². The number of ether oxygens (including phenoxy) is 1. The zero-order valence-electron chi connectivity index (χ0n) is 13.6. The van der Waals surface area contributed by atoms with Crippen LogP contribution in [0.3, 0.4) is 0 Å². The van der Waals surface area contributed by atoms with E-state index in [1.807, 2.05) is 0 Å². The maximum absolute atomic E-state index is 11.8. The van der Waals surface area contributed by atoms with Crippen LogP contribution in [0.15, 0.2) is 12.2 Å². The molecule has 0 radical (unpaired) electrons. The third-order valence-electron chi connectivity index (χ3n) is 5.98. The van der Waals surface area contributed by atoms with Crippen molar-refractivity contribution in [1.82, 2.24) is 0 Å². The Morgan fingerprint density at radius 1 is 1.23 bits per heavy atom. The summed E-state index contributed by atoms with van der Waals surface area (Å²) < 4.78 is 5.48. The lowest BCUT2D eigenvalue weighted by Crippen LogP contribution is -2.62. The Bertz CT molecular complexity index is 579. The van der Waals surface area contributed by atoms with Crippen molar-refractivity contribution >= 4 is 5.97 Å². The fourth-order valence-electron chi connectivity index (χ4n) is 6.39. The number of hydrogen-bond donors (Lipinski definition) is 1. The number of esters is 1. The first-order valence-electron chi connectivity index (χ1n) is 8.04. The van der Waals surface area contributed by atoms with Crippen molar-refractivity contribution in [2.45, 2.75) is 52.4 Å². The molecule has 4 aliphatic carbocycles. The molecule has 4 unspecified atom stereocenters. The van der Waals surface area contributed by atoms with E-state index in [1.165, 1.54) is 0 Å². The van der Waals surface area contributed by atoms with Gasteiger partial charge in [-0.25, -0.2) is 4.79 Å². The molecule has 4 saturated carbocycles. The van der Waals surface area contributed by atoms with Gasteiger partial charge in [0.15, 0.2) is 0 Å². The Labute approximate surface area is 132 Å². The van der Waals surface area contributed by atoms with Crippen LogP contribution in [0, 0.1) is 33.0 Å². The van der Waals surface area contributed by atoms with Gasteiger partial charge in [-0.2, -0.15) is 5.26 Å². The Balaban J connectivity index is 1.91. The molecule has 4 aliphatic rings. The second kappa shape index (κ2) is 4.58. The molecule has 0 spiro atoms. The van der Waals surface area contributed by atoms with Crippen LogP contribution >= 0.6 is 0 Å². The van der Waals surface area contributed by atoms with Gasteiger partial charge in [0, 0.05) is 17.6 Å². The highest BCUT2D eigenvalue weighted by Gasteiger charge is 2.67. The molecule has 0 heterocycles. The largest absolute Gasteiger partial charge is 0.462 e. The fraction of sp³-hybridized carbons (Fsp3) is 0.778. The maximum atomic E-state index is 11.8. The van der Waals surface area contributed by atoms with Gasteiger partial charge in [0.2, 0.25) is 0 Å². The Morgan fingerprint density at radius 2 is 1.86 bits per heavy atom. The SMILES string of the molecule is C=C(C)C(=O)OCC12CC3(C)CC(C#N)(CC(CO)(C3)C1)C2. The predicted octanol–water partition coefficient (Wildman–Crippen LogP) is 2.97. The van der Waals surface area contributed by atoms with Gasteiger partial charge < -0.3 is 9.84 Å². The number of rotatable bonds is 4. The van der Waals surface area contributed by atoms with Crippen LogP contribution < -0.4 is 0 Å². The summed E-state index contributed by atoms with van der Waals surface area (Å²) in [5, 5.41) is 19.8. The van der Waals surface area contributed by atoms with Crippen LogP contribution in [0.1, 0.15) is 52.4 Å². The molecule has 0 aromatic rings. The minimum atomic E-state index is -0.359. The van der Waals surface area contributed by atoms with E-state index in [9.17, 15) is 15.2 Å². The molecule has 0 aromatic carbocycles. The summed E-state index contributed by atoms with van der Waals surface area (Å²) in [6.45, 7) is 7.98. The lowest BCUT2D eigenvalue weighted by molar-refractivity contribution is -0.206. The van der Waals surface area contributed by atoms with Crippen molar-refractivity contribution in [2.24, 2.45) is 21.7 Å². The first-order chi connectivity index (χ1) is 10.2. The van der Waals surface area contributed by atoms with Crippen molar-refractivity contribution in [3.63, 3.8) is 0 Å². The molecule has 22 heavy (non-hydrogen) atoms. The number of hydrogen-bond acceptors (Lipinski definition) is 4. The molecule has 4 fully saturated rings. The molecule has 0 amide bonds. The number of carbonyl (C=O) groups excluding carboxylic acids is 1. The van der Waals surface area contributed by atoms with Gasteiger partial charge >= 0.3 is 5.97 Å². The van der Waals surface area contributed by atoms with Crippen LogP contribution in [0.5, 0.6) is 0 Å². The minimum absolute atomic E-state index is 0.0723. The van der Waals surface area contributed by atoms with Crippen LogP contribution in [0.2, 0.25) is 0 Å². The van der Waals surface area contributed by atoms with Gasteiger partial charge in [-0.15, -0.1) is 0 Å². The summed E-state index contributed by atoms with van der Waals surface area (Å²) in [5.74, 6) is -0.357. The van der Waals surface area contributed by atoms with Crippen molar-refractivity contribution in [2.75, 3.05) is 13.2 Å². The summed E-state index contributed by atoms with van der Waals surface area (Å²) in [6, 6.07) is 2.56. The average Bonchev–Trinajstić information content (AvgIpc) is 2.42. The van der Waals surface area contributed by atoms with Gasteiger partial charge in [-0.1, -0.05) is 13.5 Å². The quantitative estimate of drug-likeness (QED) is 0.640. The summed E-state index contributed by atoms with van der Waals surface area (Å²) >= 11 is 0. The molecule has 0 aromatic heterocycles. The molecule has 0 saturated heterocycles. The predicted molar refractivity (Wildman–Crippen MR) is 81.6 cm³/mol. The molecule has 4 nitrogen and oxygen atoms in total. The first-order valence-corrected chi connectivity index (χ1v) is 8.04. The summed E-state index contributed by atoms with van der Waals surface area (Å²) in [5.41, 5.74) is -0.213. The van der Waals surface area contributed by atoms with Crippen molar-refractivity contribution < 1.29 is 14.6 Å². The summed E-state index contributed by atoms with van der Waals surface area (Å²) in [6.07, 6.45) is 5.31. The van der Waals surface area contributed by atoms with Gasteiger partial charge in [-0.3, -0.25) is 0 Å². The van der Waals surface area contributed by atoms with Gasteiger partial charge in [0.25, 0.3) is 0 Å². The second-order valence-corrected chi connectivity index (χ2v) is 8.78. The number of aliphatic hydroxyl groups excluding tert-OH is 1. The van der Waals surface area contributed by atoms with Crippen LogP contribution in [0.4, 0.5) is 0 Å². The maximum Gasteiger partial charge on any atom is 0.333 e. The van der Waals surface area contributed by atoms with E-state index in [1.54, 1.807) is 6.92 Å². The smallest absolute Gasteiger partial charge is 0.333 e. The van der Waals surface area contributed by atoms with Crippen molar-refractivity contribution in [3.05, 3.63) is 12.2 Å². The normalized spacial score (nSPS) is 45.4. The van der Waals surface area contributed by atoms with E-state index in [4.69, 9.17) is 4.74 Å². The molecule has 4 heteroatoms. The Kier molecular flexibility index (Phi) is 3.24. The third-order valence-corrected chi connectivity index (χ3v) is 5.98. The van der Waals surface area contributed by atoms with Crippen LogP contribution in [-0.4, -0.2) is 24.3 Å². The summed E-state index contributed by atoms with van der Waals surface area (Å²) in [4.78, 5) is 11.8. The second-order valence-electron chi connectivity index (χ2n) is 8.78. The fourth-order valence-corrected chi connectivity index (χ4v) is 6.39. The first kappa shape index (κ1) is 15.6. The number of carbonyl (C=O) groups is 1. The van der Waals surface area contributed by atoms with Crippen molar-refractivity contribution in [3.8, 4) is 6.07 Å². The van der Waals surface area contributed by atoms with Crippen LogP contribution in [0.25, 0.3) is 0 Å². The van der Waals surface area contributed by atoms with E-state index >= 15 is 0 Å². The summed E-state index contributed by atoms with van der Waals surface area (Å²) in [7, 11) is 0. The number of nitriles is 1. The number of nitrogens with zero attached hydrogens (tertiary/aromatic N) is 1. The lowest BCUT2D eigenvalue weighted by atomic mass is 9.36. The van der Waals surface area contributed by atoms with Gasteiger partial charge in [0.1, 0.15) is 0 Å². The zero-order valence-corrected chi connectivity index (χ0v) is 13.6. The minimum Gasteiger partial charge on any atom is -0.462 e. The molecular weight excluding hydrogens is 278 g/mol. The van der Waals surface area contributed by atoms with E-state index in [2.05, 4.69) is 19.6 Å². The highest BCUT2D eigenvalue weighted by atomic mass is 16.5. The van der Waals surface area contributed by atoms with Gasteiger partial charge in [-0.05, 0) is 56.3 Å². The zero-order chi connectivity index (χ0) is 16.2. The highest BCUT2D eigenvalue weighted by Crippen LogP contribution is 2.73. The van der Waals surface area contributed by atoms with E-state index in [0.717, 1.165) is 38.5 Å². The Morgan fingerprint density at radius 3 is 2.45 bits per heavy atom. The molecule has 1 N–H and O–H groups in total. The Hall–Kier alpha value is -1.34. The highest BCUT2D eigenvalue weighted by molar-refractivity contribution is 5.86. The van der Waals surface area contributed by atoms with E-state index < -0.39 is 0 Å². The lowest BCUT2D eigenvalue weighted by Gasteiger charge is -2.67. The van der Waals surface area contributed by atoms with Crippen molar-refractivity contribution in [1.29, 1.82) is 5.26 Å². The number of aliphatic hydroxyl groups is 1. The topological polar surface area (TPSA) is 70.3 Å². The average molecular weight is 303 g/mol. The third kappa shape index (κ3) is 2.27. The van der Waals surface area contributed by atoms with Gasteiger partial charge in [0.05, 0.1) is 18.1 Å². The molecule has 4 bridgehead atoms. The van der Waals surface area contributed by atoms with E-state index in [-0.39, 0.29) is 34.2 Å². The molecule has 4 rings (SSSR count). The molecule has 120 valence electrons. The van der Waals surface area contributed by atoms with E-state index in [0.29, 0.717) is 12.2 Å². The molecule has 0 aliphatic heterocycles. The molecule has 4 atom stereocenters. The standard InChI is InChI=1S/C18H25NO3/c1-13(2)14(21)22-12-18-6-15(3)4-16(8-18,10-19)7-17(5-15,9-18)11-20/h20H,1,4-9,11-12H2,2-3H3. The monoisotopic (exact) mass is 303 g/mol.